The fourth-order valence-electron chi connectivity index (χ4n) is 6.31. The number of rotatable bonds is 8. The summed E-state index contributed by atoms with van der Waals surface area (Å²) in [6.45, 7) is 4.47. The minimum absolute atomic E-state index is 0.0506. The van der Waals surface area contributed by atoms with Crippen molar-refractivity contribution in [2.24, 2.45) is 11.3 Å². The highest BCUT2D eigenvalue weighted by molar-refractivity contribution is 5.85. The maximum absolute atomic E-state index is 13.4. The smallest absolute Gasteiger partial charge is 0.229 e. The third-order valence-electron chi connectivity index (χ3n) is 8.61. The molecule has 2 heterocycles. The second-order valence-electron chi connectivity index (χ2n) is 10.8. The van der Waals surface area contributed by atoms with Gasteiger partial charge in [0.15, 0.2) is 0 Å². The summed E-state index contributed by atoms with van der Waals surface area (Å²) in [5, 5.41) is 3.37. The lowest BCUT2D eigenvalue weighted by Crippen LogP contribution is -2.45. The van der Waals surface area contributed by atoms with Crippen LogP contribution in [-0.4, -0.2) is 47.8 Å². The van der Waals surface area contributed by atoms with Crippen LogP contribution in [0.2, 0.25) is 0 Å². The van der Waals surface area contributed by atoms with Crippen molar-refractivity contribution >= 4 is 11.8 Å². The molecule has 2 aromatic rings. The number of carbonyl (C=O) groups excluding carboxylic acids is 2. The molecular formula is C30H39N3O2. The molecule has 5 nitrogen and oxygen atoms in total. The molecular weight excluding hydrogens is 434 g/mol. The number of piperidine rings is 1. The Morgan fingerprint density at radius 2 is 1.54 bits per heavy atom. The molecule has 1 atom stereocenters. The molecule has 1 unspecified atom stereocenters. The van der Waals surface area contributed by atoms with Crippen LogP contribution in [0.4, 0.5) is 0 Å². The summed E-state index contributed by atoms with van der Waals surface area (Å²) in [7, 11) is 0. The molecule has 35 heavy (non-hydrogen) atoms. The van der Waals surface area contributed by atoms with Gasteiger partial charge < -0.3 is 15.1 Å². The van der Waals surface area contributed by atoms with E-state index in [-0.39, 0.29) is 23.3 Å². The third-order valence-corrected chi connectivity index (χ3v) is 8.61. The molecule has 2 aromatic carbocycles. The number of nitrogens with one attached hydrogen (secondary N) is 1. The van der Waals surface area contributed by atoms with Crippen molar-refractivity contribution in [3.05, 3.63) is 71.8 Å². The van der Waals surface area contributed by atoms with Crippen molar-refractivity contribution < 1.29 is 9.59 Å². The molecule has 2 saturated heterocycles. The molecule has 5 heteroatoms. The SMILES string of the molecule is O=C(NC(CCN1CCC2(CC1)CCN(Cc1ccccc1)C2=O)c1ccccc1)C1CCCC1. The molecule has 1 saturated carbocycles. The van der Waals surface area contributed by atoms with E-state index in [1.807, 2.05) is 24.3 Å². The van der Waals surface area contributed by atoms with Crippen molar-refractivity contribution in [2.45, 2.75) is 64.0 Å². The maximum Gasteiger partial charge on any atom is 0.229 e. The summed E-state index contributed by atoms with van der Waals surface area (Å²) < 4.78 is 0. The Hall–Kier alpha value is -2.66. The lowest BCUT2D eigenvalue weighted by atomic mass is 9.77. The van der Waals surface area contributed by atoms with Gasteiger partial charge in [0.1, 0.15) is 0 Å². The summed E-state index contributed by atoms with van der Waals surface area (Å²) >= 11 is 0. The fraction of sp³-hybridized carbons (Fsp3) is 0.533. The highest BCUT2D eigenvalue weighted by Crippen LogP contribution is 2.42. The molecule has 186 valence electrons. The van der Waals surface area contributed by atoms with Crippen LogP contribution in [0.1, 0.15) is 68.5 Å². The highest BCUT2D eigenvalue weighted by Gasteiger charge is 2.47. The number of nitrogens with zero attached hydrogens (tertiary/aromatic N) is 2. The van der Waals surface area contributed by atoms with Crippen LogP contribution in [0, 0.1) is 11.3 Å². The Labute approximate surface area is 209 Å². The van der Waals surface area contributed by atoms with Gasteiger partial charge in [-0.05, 0) is 62.7 Å². The largest absolute Gasteiger partial charge is 0.349 e. The zero-order valence-electron chi connectivity index (χ0n) is 20.8. The predicted molar refractivity (Wildman–Crippen MR) is 138 cm³/mol. The molecule has 5 rings (SSSR count). The van der Waals surface area contributed by atoms with E-state index in [1.54, 1.807) is 0 Å². The van der Waals surface area contributed by atoms with Crippen LogP contribution in [0.15, 0.2) is 60.7 Å². The van der Waals surface area contributed by atoms with Gasteiger partial charge in [0.05, 0.1) is 11.5 Å². The van der Waals surface area contributed by atoms with E-state index in [0.29, 0.717) is 5.91 Å². The first kappa shape index (κ1) is 24.1. The molecule has 0 aromatic heterocycles. The van der Waals surface area contributed by atoms with Gasteiger partial charge in [-0.15, -0.1) is 0 Å². The minimum Gasteiger partial charge on any atom is -0.349 e. The van der Waals surface area contributed by atoms with Gasteiger partial charge in [0.25, 0.3) is 0 Å². The second kappa shape index (κ2) is 10.9. The van der Waals surface area contributed by atoms with Crippen LogP contribution >= 0.6 is 0 Å². The van der Waals surface area contributed by atoms with E-state index in [4.69, 9.17) is 0 Å². The van der Waals surface area contributed by atoms with Crippen LogP contribution in [0.5, 0.6) is 0 Å². The minimum atomic E-state index is -0.166. The number of benzene rings is 2. The molecule has 2 aliphatic heterocycles. The van der Waals surface area contributed by atoms with Crippen LogP contribution < -0.4 is 5.32 Å². The molecule has 2 amide bonds. The zero-order valence-corrected chi connectivity index (χ0v) is 20.8. The van der Waals surface area contributed by atoms with E-state index in [1.165, 1.54) is 24.0 Å². The first-order valence-electron chi connectivity index (χ1n) is 13.5. The molecule has 3 aliphatic rings. The number of amides is 2. The monoisotopic (exact) mass is 473 g/mol. The van der Waals surface area contributed by atoms with Gasteiger partial charge in [0.2, 0.25) is 11.8 Å². The Morgan fingerprint density at radius 1 is 0.914 bits per heavy atom. The van der Waals surface area contributed by atoms with E-state index in [2.05, 4.69) is 51.5 Å². The summed E-state index contributed by atoms with van der Waals surface area (Å²) in [4.78, 5) is 30.8. The van der Waals surface area contributed by atoms with Gasteiger partial charge >= 0.3 is 0 Å². The number of carbonyl (C=O) groups is 2. The van der Waals surface area contributed by atoms with Crippen LogP contribution in [0.25, 0.3) is 0 Å². The molecule has 1 spiro atoms. The summed E-state index contributed by atoms with van der Waals surface area (Å²) in [6.07, 6.45) is 8.17. The number of likely N-dealkylation sites (tertiary alicyclic amines) is 2. The Kier molecular flexibility index (Phi) is 7.52. The van der Waals surface area contributed by atoms with Gasteiger partial charge in [-0.2, -0.15) is 0 Å². The van der Waals surface area contributed by atoms with Gasteiger partial charge in [-0.1, -0.05) is 73.5 Å². The van der Waals surface area contributed by atoms with Crippen molar-refractivity contribution in [1.82, 2.24) is 15.1 Å². The normalized spacial score (nSPS) is 21.5. The summed E-state index contributed by atoms with van der Waals surface area (Å²) in [6, 6.07) is 20.8. The van der Waals surface area contributed by atoms with Crippen molar-refractivity contribution in [3.8, 4) is 0 Å². The van der Waals surface area contributed by atoms with Crippen molar-refractivity contribution in [2.75, 3.05) is 26.2 Å². The maximum atomic E-state index is 13.4. The van der Waals surface area contributed by atoms with Gasteiger partial charge in [-0.3, -0.25) is 9.59 Å². The van der Waals surface area contributed by atoms with Crippen LogP contribution in [-0.2, 0) is 16.1 Å². The average Bonchev–Trinajstić information content (AvgIpc) is 3.54. The lowest BCUT2D eigenvalue weighted by Gasteiger charge is -2.38. The summed E-state index contributed by atoms with van der Waals surface area (Å²) in [5.41, 5.74) is 2.23. The van der Waals surface area contributed by atoms with Gasteiger partial charge in [-0.25, -0.2) is 0 Å². The Balaban J connectivity index is 1.15. The fourth-order valence-corrected chi connectivity index (χ4v) is 6.31. The lowest BCUT2D eigenvalue weighted by molar-refractivity contribution is -0.139. The van der Waals surface area contributed by atoms with E-state index in [9.17, 15) is 9.59 Å². The van der Waals surface area contributed by atoms with Crippen molar-refractivity contribution in [3.63, 3.8) is 0 Å². The Bertz CT molecular complexity index is 979. The Morgan fingerprint density at radius 3 is 2.23 bits per heavy atom. The molecule has 1 aliphatic carbocycles. The van der Waals surface area contributed by atoms with Crippen molar-refractivity contribution in [1.29, 1.82) is 0 Å². The average molecular weight is 474 g/mol. The van der Waals surface area contributed by atoms with E-state index < -0.39 is 0 Å². The third kappa shape index (κ3) is 5.61. The first-order chi connectivity index (χ1) is 17.1. The molecule has 0 bridgehead atoms. The standard InChI is InChI=1S/C30H39N3O2/c34-28(26-13-7-8-14-26)31-27(25-11-5-2-6-12-25)15-19-32-20-16-30(17-21-32)18-22-33(29(30)35)23-24-9-3-1-4-10-24/h1-6,9-12,26-27H,7-8,13-23H2,(H,31,34). The van der Waals surface area contributed by atoms with Crippen LogP contribution in [0.3, 0.4) is 0 Å². The molecule has 1 N–H and O–H groups in total. The topological polar surface area (TPSA) is 52.7 Å². The molecule has 3 fully saturated rings. The number of hydrogen-bond acceptors (Lipinski definition) is 3. The molecule has 0 radical (unpaired) electrons. The van der Waals surface area contributed by atoms with E-state index in [0.717, 1.165) is 71.2 Å². The quantitative estimate of drug-likeness (QED) is 0.591. The first-order valence-corrected chi connectivity index (χ1v) is 13.5. The van der Waals surface area contributed by atoms with Gasteiger partial charge in [0, 0.05) is 25.6 Å². The second-order valence-corrected chi connectivity index (χ2v) is 10.8. The number of hydrogen-bond donors (Lipinski definition) is 1. The predicted octanol–water partition coefficient (Wildman–Crippen LogP) is 4.94. The zero-order chi connectivity index (χ0) is 24.1. The highest BCUT2D eigenvalue weighted by atomic mass is 16.2. The summed E-state index contributed by atoms with van der Waals surface area (Å²) in [5.74, 6) is 0.763. The van der Waals surface area contributed by atoms with E-state index >= 15 is 0 Å².